The highest BCUT2D eigenvalue weighted by Gasteiger charge is 2.15. The first-order chi connectivity index (χ1) is 8.06. The first kappa shape index (κ1) is 13.9. The van der Waals surface area contributed by atoms with Crippen molar-refractivity contribution in [3.05, 3.63) is 47.8 Å². The van der Waals surface area contributed by atoms with Crippen LogP contribution in [0.3, 0.4) is 0 Å². The molecule has 1 atom stereocenters. The molecule has 2 nitrogen and oxygen atoms in total. The number of hydrogen-bond donors (Lipinski definition) is 1. The summed E-state index contributed by atoms with van der Waals surface area (Å²) in [5.41, 5.74) is 1.82. The van der Waals surface area contributed by atoms with E-state index < -0.39 is 0 Å². The third-order valence-electron chi connectivity index (χ3n) is 2.92. The molecule has 0 aliphatic carbocycles. The number of hydrogen-bond acceptors (Lipinski definition) is 2. The van der Waals surface area contributed by atoms with E-state index in [9.17, 15) is 4.39 Å². The number of likely N-dealkylation sites (N-methyl/N-ethyl adjacent to an activating group) is 2. The molecule has 1 unspecified atom stereocenters. The number of rotatable bonds is 6. The van der Waals surface area contributed by atoms with Crippen molar-refractivity contribution in [1.29, 1.82) is 0 Å². The summed E-state index contributed by atoms with van der Waals surface area (Å²) in [4.78, 5) is 2.10. The second-order valence-corrected chi connectivity index (χ2v) is 4.39. The molecule has 0 fully saturated rings. The number of nitrogens with zero attached hydrogens (tertiary/aromatic N) is 1. The van der Waals surface area contributed by atoms with Gasteiger partial charge in [-0.05, 0) is 32.7 Å². The van der Waals surface area contributed by atoms with Gasteiger partial charge in [0.25, 0.3) is 0 Å². The summed E-state index contributed by atoms with van der Waals surface area (Å²) in [6, 6.07) is 6.96. The van der Waals surface area contributed by atoms with Crippen LogP contribution in [-0.2, 0) is 0 Å². The zero-order valence-electron chi connectivity index (χ0n) is 10.8. The quantitative estimate of drug-likeness (QED) is 0.764. The zero-order valence-corrected chi connectivity index (χ0v) is 10.8. The molecule has 94 valence electrons. The molecule has 0 bridgehead atoms. The van der Waals surface area contributed by atoms with Crippen molar-refractivity contribution in [2.45, 2.75) is 13.0 Å². The smallest absolute Gasteiger partial charge is 0.127 e. The second kappa shape index (κ2) is 6.52. The van der Waals surface area contributed by atoms with Crippen LogP contribution in [-0.4, -0.2) is 32.1 Å². The van der Waals surface area contributed by atoms with Crippen molar-refractivity contribution in [3.63, 3.8) is 0 Å². The fraction of sp³-hybridized carbons (Fsp3) is 0.429. The predicted octanol–water partition coefficient (Wildman–Crippen LogP) is 2.59. The maximum absolute atomic E-state index is 13.6. The topological polar surface area (TPSA) is 15.3 Å². The van der Waals surface area contributed by atoms with Crippen molar-refractivity contribution in [3.8, 4) is 0 Å². The van der Waals surface area contributed by atoms with E-state index in [4.69, 9.17) is 0 Å². The van der Waals surface area contributed by atoms with Crippen LogP contribution in [0.1, 0.15) is 18.5 Å². The Labute approximate surface area is 103 Å². The third-order valence-corrected chi connectivity index (χ3v) is 2.92. The van der Waals surface area contributed by atoms with Crippen molar-refractivity contribution >= 4 is 0 Å². The molecule has 0 saturated heterocycles. The molecule has 0 aliphatic heterocycles. The van der Waals surface area contributed by atoms with Crippen LogP contribution in [0.25, 0.3) is 0 Å². The molecule has 3 heteroatoms. The van der Waals surface area contributed by atoms with E-state index in [1.807, 2.05) is 33.2 Å². The Kier molecular flexibility index (Phi) is 5.32. The Bertz CT molecular complexity index is 376. The molecule has 0 radical (unpaired) electrons. The van der Waals surface area contributed by atoms with Crippen LogP contribution < -0.4 is 5.32 Å². The molecule has 0 saturated carbocycles. The van der Waals surface area contributed by atoms with Crippen LogP contribution in [0.4, 0.5) is 4.39 Å². The highest BCUT2D eigenvalue weighted by Crippen LogP contribution is 2.21. The molecule has 0 heterocycles. The average molecular weight is 236 g/mol. The summed E-state index contributed by atoms with van der Waals surface area (Å²) in [5.74, 6) is -0.147. The van der Waals surface area contributed by atoms with Gasteiger partial charge in [0, 0.05) is 24.7 Å². The summed E-state index contributed by atoms with van der Waals surface area (Å²) in [5, 5.41) is 3.06. The molecular weight excluding hydrogens is 215 g/mol. The lowest BCUT2D eigenvalue weighted by Crippen LogP contribution is -2.27. The van der Waals surface area contributed by atoms with E-state index in [1.165, 1.54) is 6.07 Å². The summed E-state index contributed by atoms with van der Waals surface area (Å²) in [6.45, 7) is 7.54. The Morgan fingerprint density at radius 3 is 2.71 bits per heavy atom. The van der Waals surface area contributed by atoms with Crippen LogP contribution in [0.15, 0.2) is 36.4 Å². The Morgan fingerprint density at radius 1 is 1.47 bits per heavy atom. The average Bonchev–Trinajstić information content (AvgIpc) is 2.29. The Balaban J connectivity index is 2.67. The van der Waals surface area contributed by atoms with Gasteiger partial charge in [-0.1, -0.05) is 24.8 Å². The van der Waals surface area contributed by atoms with Gasteiger partial charge in [-0.3, -0.25) is 4.90 Å². The van der Waals surface area contributed by atoms with Gasteiger partial charge in [0.05, 0.1) is 0 Å². The van der Waals surface area contributed by atoms with Gasteiger partial charge in [-0.25, -0.2) is 4.39 Å². The molecule has 0 aliphatic rings. The minimum Gasteiger partial charge on any atom is -0.316 e. The van der Waals surface area contributed by atoms with Crippen molar-refractivity contribution in [1.82, 2.24) is 10.2 Å². The van der Waals surface area contributed by atoms with Gasteiger partial charge in [0.2, 0.25) is 0 Å². The predicted molar refractivity (Wildman–Crippen MR) is 70.5 cm³/mol. The number of halogens is 1. The van der Waals surface area contributed by atoms with Crippen LogP contribution in [0, 0.1) is 5.82 Å². The van der Waals surface area contributed by atoms with Gasteiger partial charge in [0.15, 0.2) is 0 Å². The second-order valence-electron chi connectivity index (χ2n) is 4.39. The lowest BCUT2D eigenvalue weighted by molar-refractivity contribution is 0.276. The summed E-state index contributed by atoms with van der Waals surface area (Å²) in [6.07, 6.45) is 0. The third kappa shape index (κ3) is 3.95. The van der Waals surface area contributed by atoms with Crippen molar-refractivity contribution in [2.24, 2.45) is 0 Å². The minimum absolute atomic E-state index is 0.0461. The van der Waals surface area contributed by atoms with E-state index in [1.54, 1.807) is 6.07 Å². The van der Waals surface area contributed by atoms with E-state index in [0.29, 0.717) is 0 Å². The first-order valence-corrected chi connectivity index (χ1v) is 5.82. The largest absolute Gasteiger partial charge is 0.316 e. The van der Waals surface area contributed by atoms with E-state index in [2.05, 4.69) is 16.8 Å². The van der Waals surface area contributed by atoms with Gasteiger partial charge >= 0.3 is 0 Å². The standard InChI is InChI=1S/C14H21FN2/c1-11(9-16-3)10-17(4)12(2)13-7-5-6-8-14(13)15/h5-8,12,16H,1,9-10H2,2-4H3. The maximum atomic E-state index is 13.6. The Hall–Kier alpha value is -1.19. The monoisotopic (exact) mass is 236 g/mol. The van der Waals surface area contributed by atoms with E-state index >= 15 is 0 Å². The molecule has 1 aromatic rings. The lowest BCUT2D eigenvalue weighted by Gasteiger charge is -2.26. The SMILES string of the molecule is C=C(CNC)CN(C)C(C)c1ccccc1F. The van der Waals surface area contributed by atoms with E-state index in [0.717, 1.165) is 24.2 Å². The molecule has 1 rings (SSSR count). The molecular formula is C14H21FN2. The molecule has 1 aromatic carbocycles. The van der Waals surface area contributed by atoms with Crippen LogP contribution in [0.5, 0.6) is 0 Å². The van der Waals surface area contributed by atoms with E-state index in [-0.39, 0.29) is 11.9 Å². The summed E-state index contributed by atoms with van der Waals surface area (Å²) < 4.78 is 13.6. The van der Waals surface area contributed by atoms with Crippen LogP contribution >= 0.6 is 0 Å². The van der Waals surface area contributed by atoms with Gasteiger partial charge in [-0.2, -0.15) is 0 Å². The maximum Gasteiger partial charge on any atom is 0.127 e. The summed E-state index contributed by atoms with van der Waals surface area (Å²) >= 11 is 0. The summed E-state index contributed by atoms with van der Waals surface area (Å²) in [7, 11) is 3.88. The van der Waals surface area contributed by atoms with Gasteiger partial charge in [-0.15, -0.1) is 0 Å². The number of benzene rings is 1. The van der Waals surface area contributed by atoms with Crippen molar-refractivity contribution < 1.29 is 4.39 Å². The van der Waals surface area contributed by atoms with Gasteiger partial charge < -0.3 is 5.32 Å². The van der Waals surface area contributed by atoms with Crippen molar-refractivity contribution in [2.75, 3.05) is 27.2 Å². The fourth-order valence-corrected chi connectivity index (χ4v) is 1.85. The molecule has 17 heavy (non-hydrogen) atoms. The Morgan fingerprint density at radius 2 is 2.12 bits per heavy atom. The zero-order chi connectivity index (χ0) is 12.8. The highest BCUT2D eigenvalue weighted by atomic mass is 19.1. The van der Waals surface area contributed by atoms with Gasteiger partial charge in [0.1, 0.15) is 5.82 Å². The number of nitrogens with one attached hydrogen (secondary N) is 1. The molecule has 0 spiro atoms. The molecule has 0 amide bonds. The molecule has 0 aromatic heterocycles. The van der Waals surface area contributed by atoms with Crippen LogP contribution in [0.2, 0.25) is 0 Å². The fourth-order valence-electron chi connectivity index (χ4n) is 1.85. The minimum atomic E-state index is -0.147. The highest BCUT2D eigenvalue weighted by molar-refractivity contribution is 5.21. The normalized spacial score (nSPS) is 12.8. The first-order valence-electron chi connectivity index (χ1n) is 5.82. The molecule has 1 N–H and O–H groups in total. The lowest BCUT2D eigenvalue weighted by atomic mass is 10.1.